The molecule has 1 atom stereocenters. The van der Waals surface area contributed by atoms with E-state index in [0.29, 0.717) is 6.54 Å². The zero-order valence-corrected chi connectivity index (χ0v) is 15.6. The minimum absolute atomic E-state index is 0.0340. The number of hydrogen-bond acceptors (Lipinski definition) is 3. The molecule has 0 radical (unpaired) electrons. The first-order valence-electron chi connectivity index (χ1n) is 8.51. The summed E-state index contributed by atoms with van der Waals surface area (Å²) in [6.45, 7) is 12.2. The molecule has 2 rings (SSSR count). The van der Waals surface area contributed by atoms with Gasteiger partial charge in [0.25, 0.3) is 0 Å². The summed E-state index contributed by atoms with van der Waals surface area (Å²) in [5, 5.41) is 9.83. The lowest BCUT2D eigenvalue weighted by Crippen LogP contribution is -2.45. The molecule has 0 aliphatic carbocycles. The molecule has 1 amide bonds. The van der Waals surface area contributed by atoms with Gasteiger partial charge in [-0.2, -0.15) is 0 Å². The molecular formula is C20H29NO3. The van der Waals surface area contributed by atoms with Gasteiger partial charge >= 0.3 is 6.09 Å². The Morgan fingerprint density at radius 1 is 1.29 bits per heavy atom. The molecule has 1 heterocycles. The number of aliphatic hydroxyl groups excluding tert-OH is 1. The maximum Gasteiger partial charge on any atom is 0.410 e. The van der Waals surface area contributed by atoms with Crippen molar-refractivity contribution in [3.63, 3.8) is 0 Å². The van der Waals surface area contributed by atoms with E-state index in [4.69, 9.17) is 4.74 Å². The smallest absolute Gasteiger partial charge is 0.410 e. The van der Waals surface area contributed by atoms with E-state index in [1.54, 1.807) is 4.90 Å². The molecule has 1 aromatic carbocycles. The Balaban J connectivity index is 2.31. The molecule has 1 aliphatic heterocycles. The molecule has 0 saturated carbocycles. The molecule has 132 valence electrons. The van der Waals surface area contributed by atoms with E-state index in [2.05, 4.69) is 32.0 Å². The van der Waals surface area contributed by atoms with Gasteiger partial charge < -0.3 is 14.7 Å². The summed E-state index contributed by atoms with van der Waals surface area (Å²) in [5.41, 5.74) is 5.14. The van der Waals surface area contributed by atoms with Gasteiger partial charge in [0, 0.05) is 12.6 Å². The number of amides is 1. The zero-order chi connectivity index (χ0) is 18.1. The molecule has 4 heteroatoms. The number of carbonyl (C=O) groups is 1. The number of nitrogens with zero attached hydrogens (tertiary/aromatic N) is 1. The molecule has 24 heavy (non-hydrogen) atoms. The van der Waals surface area contributed by atoms with Crippen molar-refractivity contribution in [1.82, 2.24) is 4.90 Å². The van der Waals surface area contributed by atoms with Crippen molar-refractivity contribution in [1.29, 1.82) is 0 Å². The van der Waals surface area contributed by atoms with Crippen LogP contribution in [0.25, 0.3) is 5.57 Å². The minimum atomic E-state index is -0.520. The average molecular weight is 331 g/mol. The summed E-state index contributed by atoms with van der Waals surface area (Å²) in [7, 11) is 0. The Kier molecular flexibility index (Phi) is 5.38. The first-order chi connectivity index (χ1) is 11.1. The van der Waals surface area contributed by atoms with E-state index in [9.17, 15) is 9.90 Å². The van der Waals surface area contributed by atoms with Crippen LogP contribution in [0.15, 0.2) is 23.8 Å². The fourth-order valence-corrected chi connectivity index (χ4v) is 2.97. The van der Waals surface area contributed by atoms with E-state index in [-0.39, 0.29) is 18.7 Å². The number of aliphatic hydroxyl groups is 1. The summed E-state index contributed by atoms with van der Waals surface area (Å²) in [6, 6.07) is 6.41. The largest absolute Gasteiger partial charge is 0.444 e. The average Bonchev–Trinajstić information content (AvgIpc) is 2.48. The molecule has 1 aliphatic rings. The van der Waals surface area contributed by atoms with Crippen molar-refractivity contribution in [2.45, 2.75) is 59.6 Å². The van der Waals surface area contributed by atoms with E-state index in [1.165, 1.54) is 11.1 Å². The highest BCUT2D eigenvalue weighted by atomic mass is 16.6. The first kappa shape index (κ1) is 18.5. The second-order valence-corrected chi connectivity index (χ2v) is 7.70. The standard InChI is InChI=1S/C20H29NO3/c1-13-7-8-16(9-14(13)2)18-10-15(3)21(11-17(18)12-22)19(23)24-20(4,5)6/h7-9,15,22H,10-12H2,1-6H3. The van der Waals surface area contributed by atoms with Gasteiger partial charge in [0.2, 0.25) is 0 Å². The maximum absolute atomic E-state index is 12.4. The number of benzene rings is 1. The van der Waals surface area contributed by atoms with E-state index in [0.717, 1.165) is 23.1 Å². The SMILES string of the molecule is Cc1ccc(C2=C(CO)CN(C(=O)OC(C)(C)C)C(C)C2)cc1C. The first-order valence-corrected chi connectivity index (χ1v) is 8.51. The van der Waals surface area contributed by atoms with E-state index >= 15 is 0 Å². The lowest BCUT2D eigenvalue weighted by atomic mass is 9.88. The normalized spacial score (nSPS) is 18.8. The molecule has 0 spiro atoms. The maximum atomic E-state index is 12.4. The Hall–Kier alpha value is -1.81. The van der Waals surface area contributed by atoms with Gasteiger partial charge in [-0.1, -0.05) is 18.2 Å². The van der Waals surface area contributed by atoms with Gasteiger partial charge in [-0.15, -0.1) is 0 Å². The van der Waals surface area contributed by atoms with Gasteiger partial charge in [0.1, 0.15) is 5.60 Å². The third-order valence-electron chi connectivity index (χ3n) is 4.49. The van der Waals surface area contributed by atoms with Crippen LogP contribution in [0.4, 0.5) is 4.79 Å². The highest BCUT2D eigenvalue weighted by Crippen LogP contribution is 2.32. The van der Waals surface area contributed by atoms with Crippen LogP contribution in [-0.2, 0) is 4.74 Å². The van der Waals surface area contributed by atoms with Crippen LogP contribution in [0.5, 0.6) is 0 Å². The molecule has 1 aromatic rings. The summed E-state index contributed by atoms with van der Waals surface area (Å²) in [6.07, 6.45) is 0.401. The summed E-state index contributed by atoms with van der Waals surface area (Å²) < 4.78 is 5.50. The van der Waals surface area contributed by atoms with Gasteiger partial charge in [0.15, 0.2) is 0 Å². The molecule has 0 aromatic heterocycles. The summed E-state index contributed by atoms with van der Waals surface area (Å²) in [5.74, 6) is 0. The van der Waals surface area contributed by atoms with Crippen molar-refractivity contribution in [2.24, 2.45) is 0 Å². The van der Waals surface area contributed by atoms with Gasteiger partial charge in [0.05, 0.1) is 6.61 Å². The highest BCUT2D eigenvalue weighted by molar-refractivity contribution is 5.76. The van der Waals surface area contributed by atoms with Crippen LogP contribution in [0.1, 0.15) is 50.8 Å². The number of hydrogen-bond donors (Lipinski definition) is 1. The van der Waals surface area contributed by atoms with Crippen LogP contribution < -0.4 is 0 Å². The predicted octanol–water partition coefficient (Wildman–Crippen LogP) is 4.08. The van der Waals surface area contributed by atoms with Gasteiger partial charge in [-0.25, -0.2) is 4.79 Å². The fourth-order valence-electron chi connectivity index (χ4n) is 2.97. The molecular weight excluding hydrogens is 302 g/mol. The fraction of sp³-hybridized carbons (Fsp3) is 0.550. The third-order valence-corrected chi connectivity index (χ3v) is 4.49. The number of carbonyl (C=O) groups excluding carboxylic acids is 1. The quantitative estimate of drug-likeness (QED) is 0.888. The van der Waals surface area contributed by atoms with Crippen molar-refractivity contribution in [3.05, 3.63) is 40.5 Å². The molecule has 1 N–H and O–H groups in total. The molecule has 0 saturated heterocycles. The zero-order valence-electron chi connectivity index (χ0n) is 15.6. The number of rotatable bonds is 2. The van der Waals surface area contributed by atoms with Crippen LogP contribution in [0.3, 0.4) is 0 Å². The molecule has 0 bridgehead atoms. The number of aryl methyl sites for hydroxylation is 2. The third kappa shape index (κ3) is 4.18. The Morgan fingerprint density at radius 3 is 2.50 bits per heavy atom. The summed E-state index contributed by atoms with van der Waals surface area (Å²) >= 11 is 0. The van der Waals surface area contributed by atoms with Crippen molar-refractivity contribution < 1.29 is 14.6 Å². The van der Waals surface area contributed by atoms with Crippen LogP contribution in [-0.4, -0.2) is 40.9 Å². The van der Waals surface area contributed by atoms with Crippen molar-refractivity contribution >= 4 is 11.7 Å². The van der Waals surface area contributed by atoms with Crippen molar-refractivity contribution in [3.8, 4) is 0 Å². The Bertz CT molecular complexity index is 655. The lowest BCUT2D eigenvalue weighted by molar-refractivity contribution is 0.0186. The highest BCUT2D eigenvalue weighted by Gasteiger charge is 2.31. The molecule has 1 unspecified atom stereocenters. The van der Waals surface area contributed by atoms with E-state index in [1.807, 2.05) is 27.7 Å². The predicted molar refractivity (Wildman–Crippen MR) is 96.9 cm³/mol. The van der Waals surface area contributed by atoms with Gasteiger partial charge in [-0.3, -0.25) is 0 Å². The lowest BCUT2D eigenvalue weighted by Gasteiger charge is -2.37. The Labute approximate surface area is 145 Å². The summed E-state index contributed by atoms with van der Waals surface area (Å²) in [4.78, 5) is 14.1. The topological polar surface area (TPSA) is 49.8 Å². The van der Waals surface area contributed by atoms with Gasteiger partial charge in [-0.05, 0) is 75.8 Å². The number of ether oxygens (including phenoxy) is 1. The Morgan fingerprint density at radius 2 is 1.96 bits per heavy atom. The molecule has 4 nitrogen and oxygen atoms in total. The van der Waals surface area contributed by atoms with Crippen LogP contribution in [0.2, 0.25) is 0 Å². The van der Waals surface area contributed by atoms with Crippen molar-refractivity contribution in [2.75, 3.05) is 13.2 Å². The monoisotopic (exact) mass is 331 g/mol. The van der Waals surface area contributed by atoms with Crippen LogP contribution in [0, 0.1) is 13.8 Å². The minimum Gasteiger partial charge on any atom is -0.444 e. The van der Waals surface area contributed by atoms with E-state index < -0.39 is 5.60 Å². The second-order valence-electron chi connectivity index (χ2n) is 7.70. The van der Waals surface area contributed by atoms with Crippen LogP contribution >= 0.6 is 0 Å². The second kappa shape index (κ2) is 6.98. The molecule has 0 fully saturated rings.